The summed E-state index contributed by atoms with van der Waals surface area (Å²) in [5, 5.41) is 2.82. The third-order valence-electron chi connectivity index (χ3n) is 4.23. The third-order valence-corrected chi connectivity index (χ3v) is 4.23. The molecule has 2 aromatic carbocycles. The van der Waals surface area contributed by atoms with Crippen molar-refractivity contribution in [2.45, 2.75) is 13.0 Å². The number of rotatable bonds is 7. The van der Waals surface area contributed by atoms with E-state index in [1.165, 1.54) is 12.1 Å². The number of nitrogens with one attached hydrogen (secondary N) is 1. The molecule has 1 N–H and O–H groups in total. The van der Waals surface area contributed by atoms with E-state index in [0.717, 1.165) is 5.56 Å². The van der Waals surface area contributed by atoms with Crippen molar-refractivity contribution < 1.29 is 23.5 Å². The molecule has 7 heteroatoms. The Morgan fingerprint density at radius 3 is 2.78 bits per heavy atom. The molecular weight excluding hydrogens is 351 g/mol. The maximum absolute atomic E-state index is 13.1. The molecule has 0 spiro atoms. The summed E-state index contributed by atoms with van der Waals surface area (Å²) in [6.07, 6.45) is 0.714. The van der Waals surface area contributed by atoms with Crippen LogP contribution >= 0.6 is 0 Å². The summed E-state index contributed by atoms with van der Waals surface area (Å²) in [7, 11) is 1.61. The van der Waals surface area contributed by atoms with E-state index < -0.39 is 0 Å². The molecule has 2 amide bonds. The zero-order valence-corrected chi connectivity index (χ0v) is 15.0. The van der Waals surface area contributed by atoms with Crippen LogP contribution in [0.2, 0.25) is 0 Å². The van der Waals surface area contributed by atoms with Gasteiger partial charge in [-0.2, -0.15) is 0 Å². The molecule has 0 radical (unpaired) electrons. The lowest BCUT2D eigenvalue weighted by atomic mass is 10.1. The van der Waals surface area contributed by atoms with Crippen LogP contribution in [0.4, 0.5) is 10.1 Å². The second-order valence-electron chi connectivity index (χ2n) is 6.18. The van der Waals surface area contributed by atoms with Crippen molar-refractivity contribution in [1.82, 2.24) is 5.32 Å². The van der Waals surface area contributed by atoms with Crippen molar-refractivity contribution in [1.29, 1.82) is 0 Å². The minimum absolute atomic E-state index is 0.0727. The van der Waals surface area contributed by atoms with Gasteiger partial charge in [0.2, 0.25) is 0 Å². The topological polar surface area (TPSA) is 67.9 Å². The van der Waals surface area contributed by atoms with Crippen LogP contribution in [0.3, 0.4) is 0 Å². The lowest BCUT2D eigenvalue weighted by Gasteiger charge is -2.30. The summed E-state index contributed by atoms with van der Waals surface area (Å²) < 4.78 is 23.5. The van der Waals surface area contributed by atoms with Crippen LogP contribution in [-0.2, 0) is 16.1 Å². The van der Waals surface area contributed by atoms with E-state index in [0.29, 0.717) is 36.6 Å². The number of carbonyl (C=O) groups is 2. The van der Waals surface area contributed by atoms with E-state index in [-0.39, 0.29) is 30.8 Å². The van der Waals surface area contributed by atoms with E-state index in [1.54, 1.807) is 42.3 Å². The van der Waals surface area contributed by atoms with Crippen molar-refractivity contribution >= 4 is 17.5 Å². The minimum atomic E-state index is -0.333. The second kappa shape index (κ2) is 8.64. The number of nitrogens with zero attached hydrogens (tertiary/aromatic N) is 1. The molecular formula is C20H21FN2O4. The van der Waals surface area contributed by atoms with Crippen molar-refractivity contribution in [2.75, 3.05) is 31.8 Å². The van der Waals surface area contributed by atoms with E-state index in [9.17, 15) is 14.0 Å². The molecule has 2 aromatic rings. The summed E-state index contributed by atoms with van der Waals surface area (Å²) in [6, 6.07) is 11.0. The second-order valence-corrected chi connectivity index (χ2v) is 6.18. The van der Waals surface area contributed by atoms with Crippen LogP contribution in [-0.4, -0.2) is 38.7 Å². The van der Waals surface area contributed by atoms with Gasteiger partial charge >= 0.3 is 0 Å². The Hall–Kier alpha value is -2.93. The predicted octanol–water partition coefficient (Wildman–Crippen LogP) is 2.52. The number of hydrogen-bond donors (Lipinski definition) is 1. The van der Waals surface area contributed by atoms with Gasteiger partial charge in [0.25, 0.3) is 11.8 Å². The van der Waals surface area contributed by atoms with E-state index in [4.69, 9.17) is 9.47 Å². The van der Waals surface area contributed by atoms with E-state index >= 15 is 0 Å². The average Bonchev–Trinajstić information content (AvgIpc) is 2.68. The molecule has 27 heavy (non-hydrogen) atoms. The Bertz CT molecular complexity index is 823. The summed E-state index contributed by atoms with van der Waals surface area (Å²) >= 11 is 0. The molecule has 1 heterocycles. The molecule has 0 saturated heterocycles. The monoisotopic (exact) mass is 372 g/mol. The van der Waals surface area contributed by atoms with Crippen molar-refractivity contribution in [3.05, 3.63) is 59.4 Å². The largest absolute Gasteiger partial charge is 0.482 e. The van der Waals surface area contributed by atoms with Gasteiger partial charge in [-0.05, 0) is 42.3 Å². The predicted molar refractivity (Wildman–Crippen MR) is 98.4 cm³/mol. The molecule has 0 saturated carbocycles. The zero-order chi connectivity index (χ0) is 19.2. The third kappa shape index (κ3) is 4.62. The molecule has 142 valence electrons. The number of amides is 2. The number of carbonyl (C=O) groups excluding carboxylic acids is 2. The Labute approximate surface area is 156 Å². The highest BCUT2D eigenvalue weighted by atomic mass is 19.1. The first kappa shape index (κ1) is 18.8. The summed E-state index contributed by atoms with van der Waals surface area (Å²) in [6.45, 7) is 1.27. The fraction of sp³-hybridized carbons (Fsp3) is 0.300. The molecule has 3 rings (SSSR count). The van der Waals surface area contributed by atoms with Crippen LogP contribution in [0.1, 0.15) is 22.3 Å². The number of halogens is 1. The average molecular weight is 372 g/mol. The Morgan fingerprint density at radius 2 is 2.04 bits per heavy atom. The maximum Gasteiger partial charge on any atom is 0.265 e. The maximum atomic E-state index is 13.1. The molecule has 0 aliphatic carbocycles. The SMILES string of the molecule is COCCCNC(=O)c1ccc2c(c1)N(Cc1ccc(F)cc1)C(=O)CO2. The molecule has 0 bridgehead atoms. The summed E-state index contributed by atoms with van der Waals surface area (Å²) in [5.41, 5.74) is 1.75. The number of benzene rings is 2. The van der Waals surface area contributed by atoms with Crippen LogP contribution in [0.15, 0.2) is 42.5 Å². The van der Waals surface area contributed by atoms with Crippen LogP contribution in [0.25, 0.3) is 0 Å². The van der Waals surface area contributed by atoms with Gasteiger partial charge in [-0.25, -0.2) is 4.39 Å². The lowest BCUT2D eigenvalue weighted by Crippen LogP contribution is -2.38. The van der Waals surface area contributed by atoms with Gasteiger partial charge in [-0.3, -0.25) is 9.59 Å². The molecule has 0 fully saturated rings. The van der Waals surface area contributed by atoms with Gasteiger partial charge in [0, 0.05) is 25.8 Å². The highest BCUT2D eigenvalue weighted by Crippen LogP contribution is 2.34. The smallest absolute Gasteiger partial charge is 0.265 e. The molecule has 0 aromatic heterocycles. The van der Waals surface area contributed by atoms with Crippen LogP contribution in [0, 0.1) is 5.82 Å². The van der Waals surface area contributed by atoms with Crippen LogP contribution in [0.5, 0.6) is 5.75 Å². The number of methoxy groups -OCH3 is 1. The van der Waals surface area contributed by atoms with Gasteiger partial charge in [-0.1, -0.05) is 12.1 Å². The standard InChI is InChI=1S/C20H21FN2O4/c1-26-10-2-9-22-20(25)15-5-8-18-17(11-15)23(19(24)13-27-18)12-14-3-6-16(21)7-4-14/h3-8,11H,2,9-10,12-13H2,1H3,(H,22,25). The molecule has 1 aliphatic heterocycles. The first-order valence-corrected chi connectivity index (χ1v) is 8.67. The lowest BCUT2D eigenvalue weighted by molar-refractivity contribution is -0.121. The van der Waals surface area contributed by atoms with E-state index in [1.807, 2.05) is 0 Å². The molecule has 1 aliphatic rings. The minimum Gasteiger partial charge on any atom is -0.482 e. The van der Waals surface area contributed by atoms with Gasteiger partial charge < -0.3 is 19.7 Å². The Kier molecular flexibility index (Phi) is 6.03. The summed E-state index contributed by atoms with van der Waals surface area (Å²) in [5.74, 6) is -0.245. The first-order chi connectivity index (χ1) is 13.1. The zero-order valence-electron chi connectivity index (χ0n) is 15.0. The molecule has 0 unspecified atom stereocenters. The highest BCUT2D eigenvalue weighted by molar-refractivity contribution is 6.01. The fourth-order valence-corrected chi connectivity index (χ4v) is 2.81. The highest BCUT2D eigenvalue weighted by Gasteiger charge is 2.26. The number of hydrogen-bond acceptors (Lipinski definition) is 4. The van der Waals surface area contributed by atoms with Crippen molar-refractivity contribution in [3.8, 4) is 5.75 Å². The molecule has 6 nitrogen and oxygen atoms in total. The van der Waals surface area contributed by atoms with Crippen LogP contribution < -0.4 is 15.0 Å². The van der Waals surface area contributed by atoms with Crippen molar-refractivity contribution in [2.24, 2.45) is 0 Å². The van der Waals surface area contributed by atoms with Gasteiger partial charge in [0.1, 0.15) is 11.6 Å². The Morgan fingerprint density at radius 1 is 1.26 bits per heavy atom. The molecule has 0 atom stereocenters. The number of fused-ring (bicyclic) bond motifs is 1. The van der Waals surface area contributed by atoms with Crippen molar-refractivity contribution in [3.63, 3.8) is 0 Å². The van der Waals surface area contributed by atoms with Gasteiger partial charge in [0.15, 0.2) is 6.61 Å². The Balaban J connectivity index is 1.79. The van der Waals surface area contributed by atoms with Gasteiger partial charge in [0.05, 0.1) is 12.2 Å². The summed E-state index contributed by atoms with van der Waals surface area (Å²) in [4.78, 5) is 26.3. The van der Waals surface area contributed by atoms with Gasteiger partial charge in [-0.15, -0.1) is 0 Å². The van der Waals surface area contributed by atoms with E-state index in [2.05, 4.69) is 5.32 Å². The fourth-order valence-electron chi connectivity index (χ4n) is 2.81. The normalized spacial score (nSPS) is 13.1. The quantitative estimate of drug-likeness (QED) is 0.759. The number of anilines is 1. The number of ether oxygens (including phenoxy) is 2. The first-order valence-electron chi connectivity index (χ1n) is 8.67.